The highest BCUT2D eigenvalue weighted by Gasteiger charge is 2.37. The number of rotatable bonds is 0. The van der Waals surface area contributed by atoms with Gasteiger partial charge in [0.1, 0.15) is 0 Å². The number of nitrogens with one attached hydrogen (secondary N) is 1. The molecule has 48 valence electrons. The molecule has 0 aliphatic carbocycles. The fraction of sp³-hybridized carbons (Fsp3) is 0.667. The maximum atomic E-state index is 11.3. The molecule has 0 aromatic rings. The zero-order chi connectivity index (χ0) is 9.28. The Labute approximate surface area is 47.9 Å². The number of amides is 1. The molecule has 0 aromatic carbocycles. The molecule has 0 spiro atoms. The SMILES string of the molecule is [2H]C([2H])([2H])NC(=O)C(F)(F)F. The highest BCUT2D eigenvalue weighted by atomic mass is 19.4. The van der Waals surface area contributed by atoms with E-state index in [0.29, 0.717) is 0 Å². The average Bonchev–Trinajstić information content (AvgIpc) is 1.56. The maximum Gasteiger partial charge on any atom is 0.471 e. The Hall–Kier alpha value is -0.740. The second-order valence-corrected chi connectivity index (χ2v) is 0.952. The topological polar surface area (TPSA) is 29.1 Å². The lowest BCUT2D eigenvalue weighted by Crippen LogP contribution is -2.33. The van der Waals surface area contributed by atoms with Gasteiger partial charge in [0.15, 0.2) is 0 Å². The molecule has 2 nitrogen and oxygen atoms in total. The van der Waals surface area contributed by atoms with Crippen molar-refractivity contribution in [3.63, 3.8) is 0 Å². The molecule has 0 unspecified atom stereocenters. The molecule has 0 aliphatic heterocycles. The van der Waals surface area contributed by atoms with Crippen LogP contribution in [0.5, 0.6) is 0 Å². The van der Waals surface area contributed by atoms with E-state index < -0.39 is 19.1 Å². The van der Waals surface area contributed by atoms with Crippen molar-refractivity contribution in [1.82, 2.24) is 5.32 Å². The van der Waals surface area contributed by atoms with Crippen molar-refractivity contribution < 1.29 is 22.1 Å². The van der Waals surface area contributed by atoms with E-state index in [0.717, 1.165) is 5.32 Å². The van der Waals surface area contributed by atoms with Crippen molar-refractivity contribution in [3.05, 3.63) is 0 Å². The molecule has 0 saturated carbocycles. The van der Waals surface area contributed by atoms with E-state index in [4.69, 9.17) is 4.11 Å². The van der Waals surface area contributed by atoms with Crippen LogP contribution < -0.4 is 5.32 Å². The first-order valence-electron chi connectivity index (χ1n) is 3.02. The third kappa shape index (κ3) is 1.81. The van der Waals surface area contributed by atoms with Crippen LogP contribution in [0.2, 0.25) is 0 Å². The molecule has 0 atom stereocenters. The van der Waals surface area contributed by atoms with Crippen LogP contribution in [0.3, 0.4) is 0 Å². The summed E-state index contributed by atoms with van der Waals surface area (Å²) in [5, 5.41) is 0.795. The summed E-state index contributed by atoms with van der Waals surface area (Å²) in [5.41, 5.74) is 0. The van der Waals surface area contributed by atoms with Crippen LogP contribution in [0.15, 0.2) is 0 Å². The summed E-state index contributed by atoms with van der Waals surface area (Å²) in [6, 6.07) is 0. The molecule has 8 heavy (non-hydrogen) atoms. The number of hydrogen-bond donors (Lipinski definition) is 1. The minimum Gasteiger partial charge on any atom is -0.351 e. The summed E-state index contributed by atoms with van der Waals surface area (Å²) >= 11 is 0. The number of halogens is 3. The molecule has 1 amide bonds. The third-order valence-corrected chi connectivity index (χ3v) is 0.371. The standard InChI is InChI=1S/C3H4F3NO/c1-7-2(8)3(4,5)6/h1H3,(H,7,8)/i1D3. The first-order valence-corrected chi connectivity index (χ1v) is 1.52. The lowest BCUT2D eigenvalue weighted by molar-refractivity contribution is -0.172. The summed E-state index contributed by atoms with van der Waals surface area (Å²) in [4.78, 5) is 9.88. The maximum absolute atomic E-state index is 11.3. The van der Waals surface area contributed by atoms with Gasteiger partial charge in [-0.05, 0) is 0 Å². The number of carbonyl (C=O) groups is 1. The summed E-state index contributed by atoms with van der Waals surface area (Å²) in [7, 11) is 0. The summed E-state index contributed by atoms with van der Waals surface area (Å²) in [5.74, 6) is -2.46. The van der Waals surface area contributed by atoms with E-state index >= 15 is 0 Å². The lowest BCUT2D eigenvalue weighted by atomic mass is 10.6. The first kappa shape index (κ1) is 3.32. The Bertz CT molecular complexity index is 162. The van der Waals surface area contributed by atoms with Crippen LogP contribution >= 0.6 is 0 Å². The zero-order valence-electron chi connectivity index (χ0n) is 6.54. The predicted octanol–water partition coefficient (Wildman–Crippen LogP) is 0.295. The summed E-state index contributed by atoms with van der Waals surface area (Å²) < 4.78 is 52.7. The van der Waals surface area contributed by atoms with Gasteiger partial charge in [0, 0.05) is 11.1 Å². The van der Waals surface area contributed by atoms with Gasteiger partial charge >= 0.3 is 12.1 Å². The highest BCUT2D eigenvalue weighted by molar-refractivity contribution is 5.81. The quantitative estimate of drug-likeness (QED) is 0.501. The molecule has 0 aliphatic rings. The molecular formula is C3H4F3NO. The first-order chi connectivity index (χ1) is 4.63. The minimum atomic E-state index is -5.14. The van der Waals surface area contributed by atoms with Crippen molar-refractivity contribution in [2.45, 2.75) is 6.18 Å². The van der Waals surface area contributed by atoms with E-state index in [1.165, 1.54) is 0 Å². The van der Waals surface area contributed by atoms with Gasteiger partial charge in [-0.15, -0.1) is 0 Å². The normalized spacial score (nSPS) is 18.1. The molecule has 0 radical (unpaired) electrons. The molecular weight excluding hydrogens is 123 g/mol. The van der Waals surface area contributed by atoms with E-state index in [1.807, 2.05) is 0 Å². The largest absolute Gasteiger partial charge is 0.471 e. The lowest BCUT2D eigenvalue weighted by Gasteiger charge is -2.00. The monoisotopic (exact) mass is 130 g/mol. The van der Waals surface area contributed by atoms with Crippen molar-refractivity contribution in [2.24, 2.45) is 0 Å². The van der Waals surface area contributed by atoms with Crippen LogP contribution in [-0.4, -0.2) is 19.1 Å². The van der Waals surface area contributed by atoms with Gasteiger partial charge in [-0.2, -0.15) is 13.2 Å². The number of carbonyl (C=O) groups excluding carboxylic acids is 1. The Morgan fingerprint density at radius 3 is 2.38 bits per heavy atom. The van der Waals surface area contributed by atoms with Crippen molar-refractivity contribution >= 4 is 5.91 Å². The molecule has 0 saturated heterocycles. The number of hydrogen-bond acceptors (Lipinski definition) is 1. The highest BCUT2D eigenvalue weighted by Crippen LogP contribution is 2.13. The van der Waals surface area contributed by atoms with E-state index in [1.54, 1.807) is 0 Å². The predicted molar refractivity (Wildman–Crippen MR) is 20.1 cm³/mol. The van der Waals surface area contributed by atoms with Gasteiger partial charge in [-0.25, -0.2) is 0 Å². The fourth-order valence-corrected chi connectivity index (χ4v) is 0.0709. The minimum absolute atomic E-state index is 0.795. The van der Waals surface area contributed by atoms with Gasteiger partial charge < -0.3 is 5.32 Å². The average molecular weight is 130 g/mol. The van der Waals surface area contributed by atoms with Gasteiger partial charge in [0.2, 0.25) is 0 Å². The van der Waals surface area contributed by atoms with Crippen LogP contribution in [-0.2, 0) is 4.79 Å². The molecule has 0 aromatic heterocycles. The van der Waals surface area contributed by atoms with E-state index in [-0.39, 0.29) is 0 Å². The number of alkyl halides is 3. The molecule has 0 rings (SSSR count). The molecule has 0 heterocycles. The van der Waals surface area contributed by atoms with Crippen LogP contribution in [0, 0.1) is 0 Å². The van der Waals surface area contributed by atoms with E-state index in [2.05, 4.69) is 0 Å². The molecule has 0 fully saturated rings. The Morgan fingerprint density at radius 2 is 2.25 bits per heavy atom. The second kappa shape index (κ2) is 2.02. The second-order valence-electron chi connectivity index (χ2n) is 0.952. The summed E-state index contributed by atoms with van der Waals surface area (Å²) in [6.45, 7) is -3.09. The van der Waals surface area contributed by atoms with Crippen LogP contribution in [0.25, 0.3) is 0 Å². The molecule has 0 bridgehead atoms. The Morgan fingerprint density at radius 1 is 1.75 bits per heavy atom. The van der Waals surface area contributed by atoms with Crippen molar-refractivity contribution in [2.75, 3.05) is 6.98 Å². The van der Waals surface area contributed by atoms with Gasteiger partial charge in [-0.3, -0.25) is 4.79 Å². The van der Waals surface area contributed by atoms with Crippen LogP contribution in [0.1, 0.15) is 4.11 Å². The van der Waals surface area contributed by atoms with Gasteiger partial charge in [0.05, 0.1) is 0 Å². The molecule has 5 heteroatoms. The van der Waals surface area contributed by atoms with E-state index in [9.17, 15) is 18.0 Å². The van der Waals surface area contributed by atoms with Gasteiger partial charge in [0.25, 0.3) is 0 Å². The Kier molecular flexibility index (Phi) is 0.838. The smallest absolute Gasteiger partial charge is 0.351 e. The fourth-order valence-electron chi connectivity index (χ4n) is 0.0709. The third-order valence-electron chi connectivity index (χ3n) is 0.371. The van der Waals surface area contributed by atoms with Crippen molar-refractivity contribution in [1.29, 1.82) is 0 Å². The van der Waals surface area contributed by atoms with Crippen LogP contribution in [0.4, 0.5) is 13.2 Å². The van der Waals surface area contributed by atoms with Gasteiger partial charge in [-0.1, -0.05) is 0 Å². The summed E-state index contributed by atoms with van der Waals surface area (Å²) in [6.07, 6.45) is -5.14. The van der Waals surface area contributed by atoms with Crippen molar-refractivity contribution in [3.8, 4) is 0 Å². The Balaban J connectivity index is 4.11. The molecule has 1 N–H and O–H groups in total. The zero-order valence-corrected chi connectivity index (χ0v) is 3.54.